The lowest BCUT2D eigenvalue weighted by atomic mass is 10.2. The summed E-state index contributed by atoms with van der Waals surface area (Å²) in [7, 11) is 0. The highest BCUT2D eigenvalue weighted by molar-refractivity contribution is 5.94. The van der Waals surface area contributed by atoms with Gasteiger partial charge >= 0.3 is 0 Å². The quantitative estimate of drug-likeness (QED) is 0.788. The number of halogens is 1. The molecule has 0 aliphatic heterocycles. The fourth-order valence-corrected chi connectivity index (χ4v) is 2.07. The largest absolute Gasteiger partial charge is 0.464 e. The normalized spacial score (nSPS) is 10.6. The lowest BCUT2D eigenvalue weighted by Gasteiger charge is -2.05. The van der Waals surface area contributed by atoms with E-state index in [0.717, 1.165) is 11.3 Å². The van der Waals surface area contributed by atoms with Crippen LogP contribution in [0.1, 0.15) is 10.4 Å². The lowest BCUT2D eigenvalue weighted by Crippen LogP contribution is -2.27. The van der Waals surface area contributed by atoms with Crippen molar-refractivity contribution < 1.29 is 13.6 Å². The summed E-state index contributed by atoms with van der Waals surface area (Å²) < 4.78 is 20.0. The molecule has 2 heterocycles. The Morgan fingerprint density at radius 3 is 3.00 bits per heavy atom. The lowest BCUT2D eigenvalue weighted by molar-refractivity contribution is 0.0951. The Bertz CT molecular complexity index is 765. The summed E-state index contributed by atoms with van der Waals surface area (Å²) in [4.78, 5) is 11.9. The van der Waals surface area contributed by atoms with E-state index < -0.39 is 5.82 Å². The Balaban J connectivity index is 1.54. The molecule has 0 aliphatic rings. The Hall–Kier alpha value is -2.89. The highest BCUT2D eigenvalue weighted by Crippen LogP contribution is 2.18. The van der Waals surface area contributed by atoms with E-state index in [1.807, 2.05) is 18.3 Å². The zero-order valence-corrected chi connectivity index (χ0v) is 11.7. The monoisotopic (exact) mass is 299 g/mol. The van der Waals surface area contributed by atoms with Crippen molar-refractivity contribution in [2.45, 2.75) is 6.54 Å². The van der Waals surface area contributed by atoms with E-state index in [1.165, 1.54) is 18.2 Å². The zero-order valence-electron chi connectivity index (χ0n) is 11.7. The van der Waals surface area contributed by atoms with Crippen molar-refractivity contribution in [2.24, 2.45) is 0 Å². The Morgan fingerprint density at radius 1 is 1.32 bits per heavy atom. The van der Waals surface area contributed by atoms with E-state index in [9.17, 15) is 9.18 Å². The second kappa shape index (κ2) is 6.26. The van der Waals surface area contributed by atoms with E-state index in [4.69, 9.17) is 4.42 Å². The van der Waals surface area contributed by atoms with Gasteiger partial charge in [-0.25, -0.2) is 4.39 Å². The van der Waals surface area contributed by atoms with Crippen LogP contribution in [0.15, 0.2) is 59.5 Å². The molecule has 1 amide bonds. The molecule has 5 nitrogen and oxygen atoms in total. The third-order valence-electron chi connectivity index (χ3n) is 3.15. The molecule has 112 valence electrons. The molecule has 0 spiro atoms. The number of furan rings is 1. The Kier molecular flexibility index (Phi) is 4.00. The molecule has 1 aromatic carbocycles. The summed E-state index contributed by atoms with van der Waals surface area (Å²) in [6.45, 7) is 0.913. The van der Waals surface area contributed by atoms with Crippen LogP contribution < -0.4 is 5.32 Å². The van der Waals surface area contributed by atoms with Crippen molar-refractivity contribution >= 4 is 5.91 Å². The van der Waals surface area contributed by atoms with Gasteiger partial charge in [0.05, 0.1) is 24.6 Å². The fraction of sp³-hybridized carbons (Fsp3) is 0.125. The maximum atomic E-state index is 13.0. The summed E-state index contributed by atoms with van der Waals surface area (Å²) in [5, 5.41) is 6.93. The number of nitrogens with zero attached hydrogens (tertiary/aromatic N) is 2. The van der Waals surface area contributed by atoms with E-state index >= 15 is 0 Å². The van der Waals surface area contributed by atoms with Gasteiger partial charge in [0.1, 0.15) is 11.6 Å². The number of benzene rings is 1. The van der Waals surface area contributed by atoms with Gasteiger partial charge in [0, 0.05) is 18.3 Å². The Labute approximate surface area is 126 Å². The minimum Gasteiger partial charge on any atom is -0.464 e. The third kappa shape index (κ3) is 3.22. The number of rotatable bonds is 5. The molecule has 0 atom stereocenters. The van der Waals surface area contributed by atoms with Crippen LogP contribution in [0, 0.1) is 5.82 Å². The van der Waals surface area contributed by atoms with Crippen LogP contribution >= 0.6 is 0 Å². The maximum absolute atomic E-state index is 13.0. The molecule has 22 heavy (non-hydrogen) atoms. The highest BCUT2D eigenvalue weighted by atomic mass is 19.1. The van der Waals surface area contributed by atoms with Crippen molar-refractivity contribution in [3.05, 3.63) is 66.4 Å². The van der Waals surface area contributed by atoms with Crippen LogP contribution in [0.4, 0.5) is 4.39 Å². The van der Waals surface area contributed by atoms with Crippen molar-refractivity contribution in [2.75, 3.05) is 6.54 Å². The smallest absolute Gasteiger partial charge is 0.251 e. The van der Waals surface area contributed by atoms with Crippen LogP contribution in [-0.2, 0) is 6.54 Å². The molecule has 0 unspecified atom stereocenters. The van der Waals surface area contributed by atoms with Gasteiger partial charge in [-0.3, -0.25) is 9.48 Å². The molecule has 2 aromatic heterocycles. The molecule has 0 saturated carbocycles. The number of amides is 1. The average molecular weight is 299 g/mol. The van der Waals surface area contributed by atoms with Gasteiger partial charge in [0.25, 0.3) is 5.91 Å². The first-order chi connectivity index (χ1) is 10.7. The third-order valence-corrected chi connectivity index (χ3v) is 3.15. The van der Waals surface area contributed by atoms with Crippen LogP contribution in [0.5, 0.6) is 0 Å². The number of aromatic nitrogens is 2. The van der Waals surface area contributed by atoms with Gasteiger partial charge in [-0.05, 0) is 30.3 Å². The van der Waals surface area contributed by atoms with E-state index in [0.29, 0.717) is 18.7 Å². The molecule has 0 aliphatic carbocycles. The van der Waals surface area contributed by atoms with Crippen molar-refractivity contribution in [3.8, 4) is 11.3 Å². The Morgan fingerprint density at radius 2 is 2.23 bits per heavy atom. The molecule has 6 heteroatoms. The number of carbonyl (C=O) groups is 1. The molecule has 0 radical (unpaired) electrons. The molecule has 1 N–H and O–H groups in total. The van der Waals surface area contributed by atoms with E-state index in [2.05, 4.69) is 10.4 Å². The number of hydrogen-bond donors (Lipinski definition) is 1. The molecular formula is C16H14FN3O2. The van der Waals surface area contributed by atoms with Crippen LogP contribution in [0.3, 0.4) is 0 Å². The summed E-state index contributed by atoms with van der Waals surface area (Å²) in [6, 6.07) is 9.25. The van der Waals surface area contributed by atoms with Gasteiger partial charge in [0.15, 0.2) is 0 Å². The molecule has 0 fully saturated rings. The predicted octanol–water partition coefficient (Wildman–Crippen LogP) is 2.71. The topological polar surface area (TPSA) is 60.1 Å². The standard InChI is InChI=1S/C16H14FN3O2/c17-14-4-1-3-12(9-14)16(21)18-6-7-20-11-13(10-19-20)15-5-2-8-22-15/h1-5,8-11H,6-7H2,(H,18,21). The number of carbonyl (C=O) groups excluding carboxylic acids is 1. The molecule has 0 saturated heterocycles. The minimum atomic E-state index is -0.428. The average Bonchev–Trinajstić information content (AvgIpc) is 3.18. The van der Waals surface area contributed by atoms with Gasteiger partial charge < -0.3 is 9.73 Å². The maximum Gasteiger partial charge on any atom is 0.251 e. The van der Waals surface area contributed by atoms with Crippen molar-refractivity contribution in [1.29, 1.82) is 0 Å². The van der Waals surface area contributed by atoms with Crippen molar-refractivity contribution in [1.82, 2.24) is 15.1 Å². The second-order valence-corrected chi connectivity index (χ2v) is 4.74. The first-order valence-corrected chi connectivity index (χ1v) is 6.82. The second-order valence-electron chi connectivity index (χ2n) is 4.74. The zero-order chi connectivity index (χ0) is 15.4. The predicted molar refractivity (Wildman–Crippen MR) is 78.7 cm³/mol. The summed E-state index contributed by atoms with van der Waals surface area (Å²) in [5.74, 6) is 0.00998. The SMILES string of the molecule is O=C(NCCn1cc(-c2ccco2)cn1)c1cccc(F)c1. The molecule has 0 bridgehead atoms. The number of hydrogen-bond acceptors (Lipinski definition) is 3. The fourth-order valence-electron chi connectivity index (χ4n) is 2.07. The van der Waals surface area contributed by atoms with Crippen LogP contribution in [0.2, 0.25) is 0 Å². The van der Waals surface area contributed by atoms with Gasteiger partial charge in [-0.2, -0.15) is 5.10 Å². The summed E-state index contributed by atoms with van der Waals surface area (Å²) >= 11 is 0. The molecule has 3 aromatic rings. The van der Waals surface area contributed by atoms with Crippen LogP contribution in [0.25, 0.3) is 11.3 Å². The highest BCUT2D eigenvalue weighted by Gasteiger charge is 2.07. The van der Waals surface area contributed by atoms with Gasteiger partial charge in [0.2, 0.25) is 0 Å². The summed E-state index contributed by atoms with van der Waals surface area (Å²) in [6.07, 6.45) is 5.15. The molecular weight excluding hydrogens is 285 g/mol. The molecule has 3 rings (SSSR count). The first-order valence-electron chi connectivity index (χ1n) is 6.82. The van der Waals surface area contributed by atoms with Crippen molar-refractivity contribution in [3.63, 3.8) is 0 Å². The number of nitrogens with one attached hydrogen (secondary N) is 1. The summed E-state index contributed by atoms with van der Waals surface area (Å²) in [5.41, 5.74) is 1.18. The minimum absolute atomic E-state index is 0.303. The van der Waals surface area contributed by atoms with Gasteiger partial charge in [-0.1, -0.05) is 6.07 Å². The van der Waals surface area contributed by atoms with E-state index in [1.54, 1.807) is 23.2 Å². The van der Waals surface area contributed by atoms with E-state index in [-0.39, 0.29) is 5.91 Å². The van der Waals surface area contributed by atoms with Gasteiger partial charge in [-0.15, -0.1) is 0 Å². The first kappa shape index (κ1) is 14.1. The van der Waals surface area contributed by atoms with Crippen LogP contribution in [-0.4, -0.2) is 22.2 Å².